The highest BCUT2D eigenvalue weighted by Gasteiger charge is 2.32. The molecule has 0 saturated heterocycles. The van der Waals surface area contributed by atoms with Gasteiger partial charge in [-0.25, -0.2) is 0 Å². The molecule has 0 aliphatic carbocycles. The lowest BCUT2D eigenvalue weighted by atomic mass is 9.86. The summed E-state index contributed by atoms with van der Waals surface area (Å²) in [6, 6.07) is 12.6. The molecule has 0 fully saturated rings. The Balaban J connectivity index is 1.96. The number of ether oxygens (including phenoxy) is 3. The van der Waals surface area contributed by atoms with E-state index < -0.39 is 0 Å². The maximum Gasteiger partial charge on any atom is 0.161 e. The first-order chi connectivity index (χ1) is 13.1. The van der Waals surface area contributed by atoms with Gasteiger partial charge in [0.2, 0.25) is 0 Å². The van der Waals surface area contributed by atoms with Crippen molar-refractivity contribution >= 4 is 0 Å². The van der Waals surface area contributed by atoms with Crippen LogP contribution in [0.15, 0.2) is 36.4 Å². The van der Waals surface area contributed by atoms with Crippen LogP contribution in [0.1, 0.15) is 36.1 Å². The van der Waals surface area contributed by atoms with Crippen molar-refractivity contribution in [1.82, 2.24) is 4.90 Å². The maximum atomic E-state index is 6.59. The van der Waals surface area contributed by atoms with Crippen LogP contribution < -0.4 is 19.9 Å². The minimum Gasteiger partial charge on any atom is -0.497 e. The molecule has 0 saturated carbocycles. The highest BCUT2D eigenvalue weighted by Crippen LogP contribution is 2.40. The molecule has 5 nitrogen and oxygen atoms in total. The van der Waals surface area contributed by atoms with E-state index in [9.17, 15) is 0 Å². The summed E-state index contributed by atoms with van der Waals surface area (Å²) in [5, 5.41) is 0. The minimum atomic E-state index is 0.0489. The Morgan fingerprint density at radius 3 is 2.48 bits per heavy atom. The van der Waals surface area contributed by atoms with Crippen molar-refractivity contribution in [1.29, 1.82) is 0 Å². The van der Waals surface area contributed by atoms with Crippen LogP contribution in [0.3, 0.4) is 0 Å². The summed E-state index contributed by atoms with van der Waals surface area (Å²) in [5.41, 5.74) is 10.4. The van der Waals surface area contributed by atoms with Crippen LogP contribution in [0.5, 0.6) is 17.2 Å². The molecule has 0 aromatic heterocycles. The molecule has 1 aliphatic heterocycles. The lowest BCUT2D eigenvalue weighted by Crippen LogP contribution is -2.44. The highest BCUT2D eigenvalue weighted by molar-refractivity contribution is 5.50. The van der Waals surface area contributed by atoms with E-state index in [2.05, 4.69) is 36.1 Å². The Morgan fingerprint density at radius 2 is 1.81 bits per heavy atom. The van der Waals surface area contributed by atoms with Gasteiger partial charge in [-0.3, -0.25) is 4.90 Å². The van der Waals surface area contributed by atoms with Crippen LogP contribution in [0.4, 0.5) is 0 Å². The van der Waals surface area contributed by atoms with Gasteiger partial charge in [0, 0.05) is 19.1 Å². The molecule has 0 radical (unpaired) electrons. The van der Waals surface area contributed by atoms with Gasteiger partial charge in [-0.15, -0.1) is 0 Å². The van der Waals surface area contributed by atoms with Gasteiger partial charge in [0.05, 0.1) is 27.4 Å². The van der Waals surface area contributed by atoms with Gasteiger partial charge in [0.25, 0.3) is 0 Å². The van der Waals surface area contributed by atoms with Gasteiger partial charge in [0.1, 0.15) is 5.75 Å². The molecular formula is C22H30N2O3. The van der Waals surface area contributed by atoms with E-state index in [1.807, 2.05) is 12.1 Å². The second-order valence-electron chi connectivity index (χ2n) is 6.99. The smallest absolute Gasteiger partial charge is 0.161 e. The number of hydrogen-bond donors (Lipinski definition) is 1. The van der Waals surface area contributed by atoms with Crippen LogP contribution in [0, 0.1) is 0 Å². The Labute approximate surface area is 162 Å². The second-order valence-corrected chi connectivity index (χ2v) is 6.99. The van der Waals surface area contributed by atoms with Gasteiger partial charge < -0.3 is 19.9 Å². The van der Waals surface area contributed by atoms with E-state index in [4.69, 9.17) is 19.9 Å². The SMILES string of the molecule is CC[C@H](N)[C@H]1c2cc(OC)c(OC)cc2CCN1Cc1cccc(OC)c1. The summed E-state index contributed by atoms with van der Waals surface area (Å²) in [7, 11) is 5.05. The van der Waals surface area contributed by atoms with Crippen molar-refractivity contribution in [3.05, 3.63) is 53.1 Å². The minimum absolute atomic E-state index is 0.0489. The van der Waals surface area contributed by atoms with Crippen molar-refractivity contribution in [2.75, 3.05) is 27.9 Å². The van der Waals surface area contributed by atoms with Gasteiger partial charge in [-0.05, 0) is 53.8 Å². The summed E-state index contributed by atoms with van der Waals surface area (Å²) < 4.78 is 16.4. The number of nitrogens with zero attached hydrogens (tertiary/aromatic N) is 1. The number of hydrogen-bond acceptors (Lipinski definition) is 5. The average Bonchev–Trinajstić information content (AvgIpc) is 2.72. The molecule has 2 atom stereocenters. The molecule has 0 amide bonds. The molecule has 2 aromatic carbocycles. The predicted molar refractivity (Wildman–Crippen MR) is 108 cm³/mol. The molecule has 3 rings (SSSR count). The molecule has 2 N–H and O–H groups in total. The Morgan fingerprint density at radius 1 is 1.07 bits per heavy atom. The molecule has 146 valence electrons. The summed E-state index contributed by atoms with van der Waals surface area (Å²) >= 11 is 0. The third-order valence-corrected chi connectivity index (χ3v) is 5.42. The van der Waals surface area contributed by atoms with Crippen LogP contribution in [-0.4, -0.2) is 38.8 Å². The van der Waals surface area contributed by atoms with E-state index in [1.54, 1.807) is 21.3 Å². The number of methoxy groups -OCH3 is 3. The third kappa shape index (κ3) is 4.04. The monoisotopic (exact) mass is 370 g/mol. The third-order valence-electron chi connectivity index (χ3n) is 5.42. The zero-order valence-corrected chi connectivity index (χ0v) is 16.7. The van der Waals surface area contributed by atoms with Crippen LogP contribution >= 0.6 is 0 Å². The molecule has 0 bridgehead atoms. The number of fused-ring (bicyclic) bond motifs is 1. The second kappa shape index (κ2) is 8.63. The summed E-state index contributed by atoms with van der Waals surface area (Å²) in [4.78, 5) is 2.47. The van der Waals surface area contributed by atoms with Crippen LogP contribution in [0.25, 0.3) is 0 Å². The standard InChI is InChI=1S/C22H30N2O3/c1-5-19(23)22-18-13-21(27-4)20(26-3)12-16(18)9-10-24(22)14-15-7-6-8-17(11-15)25-2/h6-8,11-13,19,22H,5,9-10,14,23H2,1-4H3/t19-,22+/m0/s1. The summed E-state index contributed by atoms with van der Waals surface area (Å²) in [5.74, 6) is 2.42. The maximum absolute atomic E-state index is 6.59. The largest absolute Gasteiger partial charge is 0.497 e. The van der Waals surface area contributed by atoms with Crippen molar-refractivity contribution in [3.8, 4) is 17.2 Å². The first-order valence-corrected chi connectivity index (χ1v) is 9.48. The fraction of sp³-hybridized carbons (Fsp3) is 0.455. The number of nitrogens with two attached hydrogens (primary N) is 1. The zero-order valence-electron chi connectivity index (χ0n) is 16.7. The molecular weight excluding hydrogens is 340 g/mol. The van der Waals surface area contributed by atoms with Crippen molar-refractivity contribution in [2.45, 2.75) is 38.4 Å². The number of rotatable bonds is 7. The van der Waals surface area contributed by atoms with E-state index in [0.29, 0.717) is 0 Å². The summed E-state index contributed by atoms with van der Waals surface area (Å²) in [6.45, 7) is 3.94. The topological polar surface area (TPSA) is 57.0 Å². The molecule has 1 heterocycles. The normalized spacial score (nSPS) is 17.9. The molecule has 5 heteroatoms. The fourth-order valence-corrected chi connectivity index (χ4v) is 3.94. The van der Waals surface area contributed by atoms with Gasteiger partial charge in [0.15, 0.2) is 11.5 Å². The molecule has 1 aliphatic rings. The predicted octanol–water partition coefficient (Wildman–Crippen LogP) is 3.55. The van der Waals surface area contributed by atoms with Crippen molar-refractivity contribution < 1.29 is 14.2 Å². The fourth-order valence-electron chi connectivity index (χ4n) is 3.94. The van der Waals surface area contributed by atoms with Gasteiger partial charge in [-0.1, -0.05) is 19.1 Å². The Bertz CT molecular complexity index is 778. The van der Waals surface area contributed by atoms with Gasteiger partial charge >= 0.3 is 0 Å². The molecule has 27 heavy (non-hydrogen) atoms. The van der Waals surface area contributed by atoms with E-state index in [-0.39, 0.29) is 12.1 Å². The lowest BCUT2D eigenvalue weighted by molar-refractivity contribution is 0.148. The van der Waals surface area contributed by atoms with Crippen molar-refractivity contribution in [3.63, 3.8) is 0 Å². The Kier molecular flexibility index (Phi) is 6.24. The first kappa shape index (κ1) is 19.5. The summed E-state index contributed by atoms with van der Waals surface area (Å²) in [6.07, 6.45) is 1.87. The Hall–Kier alpha value is -2.24. The average molecular weight is 370 g/mol. The molecule has 2 aromatic rings. The van der Waals surface area contributed by atoms with Gasteiger partial charge in [-0.2, -0.15) is 0 Å². The van der Waals surface area contributed by atoms with Crippen LogP contribution in [0.2, 0.25) is 0 Å². The van der Waals surface area contributed by atoms with Crippen molar-refractivity contribution in [2.24, 2.45) is 5.73 Å². The molecule has 0 unspecified atom stereocenters. The number of benzene rings is 2. The first-order valence-electron chi connectivity index (χ1n) is 9.48. The van der Waals surface area contributed by atoms with E-state index in [1.165, 1.54) is 16.7 Å². The molecule has 0 spiro atoms. The van der Waals surface area contributed by atoms with E-state index >= 15 is 0 Å². The lowest BCUT2D eigenvalue weighted by Gasteiger charge is -2.40. The van der Waals surface area contributed by atoms with Crippen LogP contribution in [-0.2, 0) is 13.0 Å². The zero-order chi connectivity index (χ0) is 19.4. The van der Waals surface area contributed by atoms with E-state index in [0.717, 1.165) is 43.2 Å². The quantitative estimate of drug-likeness (QED) is 0.808. The highest BCUT2D eigenvalue weighted by atomic mass is 16.5.